The second kappa shape index (κ2) is 7.91. The Kier molecular flexibility index (Phi) is 5.92. The third kappa shape index (κ3) is 4.65. The predicted octanol–water partition coefficient (Wildman–Crippen LogP) is 2.18. The molecule has 4 nitrogen and oxygen atoms in total. The van der Waals surface area contributed by atoms with Gasteiger partial charge in [0.15, 0.2) is 0 Å². The van der Waals surface area contributed by atoms with Gasteiger partial charge in [-0.25, -0.2) is 0 Å². The normalized spacial score (nSPS) is 30.6. The summed E-state index contributed by atoms with van der Waals surface area (Å²) in [4.78, 5) is 2.53. The molecule has 1 unspecified atom stereocenters. The lowest BCUT2D eigenvalue weighted by Crippen LogP contribution is -2.48. The number of hydrogen-bond acceptors (Lipinski definition) is 4. The van der Waals surface area contributed by atoms with Crippen molar-refractivity contribution < 1.29 is 9.47 Å². The molecule has 1 atom stereocenters. The van der Waals surface area contributed by atoms with Gasteiger partial charge < -0.3 is 14.8 Å². The summed E-state index contributed by atoms with van der Waals surface area (Å²) in [6.45, 7) is 7.37. The summed E-state index contributed by atoms with van der Waals surface area (Å²) in [5.74, 6) is 0. The number of rotatable bonds is 5. The van der Waals surface area contributed by atoms with Gasteiger partial charge in [-0.05, 0) is 45.2 Å². The SMILES string of the molecule is C1CCC2(CC1)CC(NCCCN1CCOCC1)CCO2. The maximum atomic E-state index is 6.18. The predicted molar refractivity (Wildman–Crippen MR) is 84.7 cm³/mol. The Balaban J connectivity index is 1.33. The summed E-state index contributed by atoms with van der Waals surface area (Å²) >= 11 is 0. The van der Waals surface area contributed by atoms with Crippen molar-refractivity contribution in [3.63, 3.8) is 0 Å². The minimum absolute atomic E-state index is 0.234. The molecule has 3 rings (SSSR count). The van der Waals surface area contributed by atoms with Gasteiger partial charge in [-0.15, -0.1) is 0 Å². The minimum atomic E-state index is 0.234. The van der Waals surface area contributed by atoms with E-state index in [1.807, 2.05) is 0 Å². The summed E-state index contributed by atoms with van der Waals surface area (Å²) in [6, 6.07) is 0.682. The molecular formula is C17H32N2O2. The van der Waals surface area contributed by atoms with Crippen LogP contribution >= 0.6 is 0 Å². The molecule has 0 aromatic heterocycles. The lowest BCUT2D eigenvalue weighted by molar-refractivity contribution is -0.109. The largest absolute Gasteiger partial charge is 0.379 e. The second-order valence-corrected chi connectivity index (χ2v) is 7.04. The van der Waals surface area contributed by atoms with Crippen molar-refractivity contribution >= 4 is 0 Å². The fourth-order valence-corrected chi connectivity index (χ4v) is 4.18. The fraction of sp³-hybridized carbons (Fsp3) is 1.00. The quantitative estimate of drug-likeness (QED) is 0.789. The highest BCUT2D eigenvalue weighted by Crippen LogP contribution is 2.38. The Labute approximate surface area is 129 Å². The van der Waals surface area contributed by atoms with Crippen LogP contribution in [0.15, 0.2) is 0 Å². The van der Waals surface area contributed by atoms with E-state index in [0.717, 1.165) is 39.5 Å². The van der Waals surface area contributed by atoms with Crippen LogP contribution in [0.1, 0.15) is 51.4 Å². The highest BCUT2D eigenvalue weighted by atomic mass is 16.5. The van der Waals surface area contributed by atoms with E-state index in [0.29, 0.717) is 6.04 Å². The number of hydrogen-bond donors (Lipinski definition) is 1. The van der Waals surface area contributed by atoms with E-state index in [9.17, 15) is 0 Å². The third-order valence-electron chi connectivity index (χ3n) is 5.45. The van der Waals surface area contributed by atoms with Gasteiger partial charge in [0.05, 0.1) is 18.8 Å². The maximum Gasteiger partial charge on any atom is 0.0697 e. The van der Waals surface area contributed by atoms with Crippen molar-refractivity contribution in [1.82, 2.24) is 10.2 Å². The number of ether oxygens (including phenoxy) is 2. The Bertz CT molecular complexity index is 294. The van der Waals surface area contributed by atoms with Gasteiger partial charge in [0.1, 0.15) is 0 Å². The van der Waals surface area contributed by atoms with Crippen LogP contribution < -0.4 is 5.32 Å². The molecule has 2 saturated heterocycles. The highest BCUT2D eigenvalue weighted by Gasteiger charge is 2.38. The van der Waals surface area contributed by atoms with Gasteiger partial charge in [0.25, 0.3) is 0 Å². The zero-order valence-electron chi connectivity index (χ0n) is 13.4. The second-order valence-electron chi connectivity index (χ2n) is 7.04. The Morgan fingerprint density at radius 3 is 2.67 bits per heavy atom. The topological polar surface area (TPSA) is 33.7 Å². The van der Waals surface area contributed by atoms with Crippen LogP contribution in [0.3, 0.4) is 0 Å². The van der Waals surface area contributed by atoms with Gasteiger partial charge >= 0.3 is 0 Å². The van der Waals surface area contributed by atoms with E-state index in [1.165, 1.54) is 57.9 Å². The number of nitrogens with zero attached hydrogens (tertiary/aromatic N) is 1. The van der Waals surface area contributed by atoms with Gasteiger partial charge in [-0.2, -0.15) is 0 Å². The molecule has 0 amide bonds. The molecule has 21 heavy (non-hydrogen) atoms. The van der Waals surface area contributed by atoms with Crippen molar-refractivity contribution in [2.24, 2.45) is 0 Å². The number of morpholine rings is 1. The molecule has 0 radical (unpaired) electrons. The third-order valence-corrected chi connectivity index (χ3v) is 5.45. The van der Waals surface area contributed by atoms with Crippen molar-refractivity contribution in [3.05, 3.63) is 0 Å². The molecule has 0 bridgehead atoms. The van der Waals surface area contributed by atoms with Gasteiger partial charge in [-0.1, -0.05) is 19.3 Å². The molecule has 1 spiro atoms. The van der Waals surface area contributed by atoms with E-state index in [4.69, 9.17) is 9.47 Å². The first kappa shape index (κ1) is 15.7. The lowest BCUT2D eigenvalue weighted by Gasteiger charge is -2.43. The van der Waals surface area contributed by atoms with Gasteiger partial charge in [0.2, 0.25) is 0 Å². The molecule has 4 heteroatoms. The summed E-state index contributed by atoms with van der Waals surface area (Å²) in [7, 11) is 0. The summed E-state index contributed by atoms with van der Waals surface area (Å²) in [5, 5.41) is 3.79. The molecule has 2 aliphatic heterocycles. The number of nitrogens with one attached hydrogen (secondary N) is 1. The molecule has 2 heterocycles. The Morgan fingerprint density at radius 2 is 1.86 bits per heavy atom. The summed E-state index contributed by atoms with van der Waals surface area (Å²) in [6.07, 6.45) is 10.4. The van der Waals surface area contributed by atoms with Crippen LogP contribution in [-0.2, 0) is 9.47 Å². The standard InChI is InChI=1S/C17H32N2O2/c1-2-6-17(7-3-1)15-16(5-12-21-17)18-8-4-9-19-10-13-20-14-11-19/h16,18H,1-15H2. The first-order valence-electron chi connectivity index (χ1n) is 9.04. The highest BCUT2D eigenvalue weighted by molar-refractivity contribution is 4.92. The molecule has 122 valence electrons. The molecule has 1 N–H and O–H groups in total. The molecule has 1 saturated carbocycles. The molecule has 3 fully saturated rings. The van der Waals surface area contributed by atoms with Crippen LogP contribution in [0.5, 0.6) is 0 Å². The van der Waals surface area contributed by atoms with E-state index in [1.54, 1.807) is 0 Å². The average molecular weight is 296 g/mol. The fourth-order valence-electron chi connectivity index (χ4n) is 4.18. The summed E-state index contributed by atoms with van der Waals surface area (Å²) < 4.78 is 11.6. The Morgan fingerprint density at radius 1 is 1.05 bits per heavy atom. The van der Waals surface area contributed by atoms with Crippen molar-refractivity contribution in [2.75, 3.05) is 46.0 Å². The van der Waals surface area contributed by atoms with Gasteiger partial charge in [0, 0.05) is 25.7 Å². The monoisotopic (exact) mass is 296 g/mol. The molecule has 0 aromatic carbocycles. The van der Waals surface area contributed by atoms with Crippen molar-refractivity contribution in [3.8, 4) is 0 Å². The van der Waals surface area contributed by atoms with Crippen molar-refractivity contribution in [1.29, 1.82) is 0 Å². The van der Waals surface area contributed by atoms with Crippen LogP contribution in [0, 0.1) is 0 Å². The zero-order chi connectivity index (χ0) is 14.4. The van der Waals surface area contributed by atoms with Crippen LogP contribution in [0.2, 0.25) is 0 Å². The van der Waals surface area contributed by atoms with Crippen molar-refractivity contribution in [2.45, 2.75) is 63.0 Å². The minimum Gasteiger partial charge on any atom is -0.379 e. The Hall–Kier alpha value is -0.160. The zero-order valence-corrected chi connectivity index (χ0v) is 13.4. The lowest BCUT2D eigenvalue weighted by atomic mass is 9.78. The molecule has 0 aromatic rings. The van der Waals surface area contributed by atoms with E-state index >= 15 is 0 Å². The van der Waals surface area contributed by atoms with Gasteiger partial charge in [-0.3, -0.25) is 4.90 Å². The molecule has 1 aliphatic carbocycles. The van der Waals surface area contributed by atoms with Crippen LogP contribution in [-0.4, -0.2) is 62.5 Å². The smallest absolute Gasteiger partial charge is 0.0697 e. The first-order chi connectivity index (χ1) is 10.4. The molecule has 3 aliphatic rings. The maximum absolute atomic E-state index is 6.18. The van der Waals surface area contributed by atoms with E-state index < -0.39 is 0 Å². The first-order valence-corrected chi connectivity index (χ1v) is 9.04. The van der Waals surface area contributed by atoms with E-state index in [2.05, 4.69) is 10.2 Å². The average Bonchev–Trinajstić information content (AvgIpc) is 2.54. The molecular weight excluding hydrogens is 264 g/mol. The summed E-state index contributed by atoms with van der Waals surface area (Å²) in [5.41, 5.74) is 0.234. The van der Waals surface area contributed by atoms with Crippen LogP contribution in [0.25, 0.3) is 0 Å². The van der Waals surface area contributed by atoms with Crippen LogP contribution in [0.4, 0.5) is 0 Å². The van der Waals surface area contributed by atoms with E-state index in [-0.39, 0.29) is 5.60 Å².